The van der Waals surface area contributed by atoms with Crippen LogP contribution in [0, 0.1) is 0 Å². The van der Waals surface area contributed by atoms with Crippen molar-refractivity contribution in [3.05, 3.63) is 108 Å². The minimum absolute atomic E-state index is 0.0116. The summed E-state index contributed by atoms with van der Waals surface area (Å²) in [7, 11) is 0. The van der Waals surface area contributed by atoms with Crippen LogP contribution in [0.2, 0.25) is 0 Å². The predicted molar refractivity (Wildman–Crippen MR) is 160 cm³/mol. The third kappa shape index (κ3) is 6.97. The van der Waals surface area contributed by atoms with Crippen molar-refractivity contribution in [1.82, 2.24) is 29.9 Å². The van der Waals surface area contributed by atoms with Gasteiger partial charge in [-0.2, -0.15) is 0 Å². The van der Waals surface area contributed by atoms with Crippen molar-refractivity contribution in [3.63, 3.8) is 0 Å². The summed E-state index contributed by atoms with van der Waals surface area (Å²) in [4.78, 5) is 48.9. The number of nitrogens with zero attached hydrogens (tertiary/aromatic N) is 6. The molecule has 43 heavy (non-hydrogen) atoms. The van der Waals surface area contributed by atoms with Crippen LogP contribution in [-0.4, -0.2) is 54.8 Å². The van der Waals surface area contributed by atoms with E-state index < -0.39 is 0 Å². The first kappa shape index (κ1) is 30.0. The minimum atomic E-state index is -0.375. The van der Waals surface area contributed by atoms with E-state index in [1.807, 2.05) is 24.5 Å². The normalized spacial score (nSPS) is 16.0. The van der Waals surface area contributed by atoms with E-state index in [1.165, 1.54) is 24.0 Å². The van der Waals surface area contributed by atoms with Crippen molar-refractivity contribution in [2.75, 3.05) is 13.2 Å². The Labute approximate surface area is 251 Å². The van der Waals surface area contributed by atoms with Gasteiger partial charge in [-0.1, -0.05) is 25.0 Å². The average Bonchev–Trinajstić information content (AvgIpc) is 3.02. The van der Waals surface area contributed by atoms with Crippen LogP contribution in [0.15, 0.2) is 73.8 Å². The molecule has 2 saturated carbocycles. The van der Waals surface area contributed by atoms with Crippen LogP contribution in [0.1, 0.15) is 88.9 Å². The third-order valence-corrected chi connectivity index (χ3v) is 8.59. The minimum Gasteiger partial charge on any atom is -0.462 e. The number of hydrogen-bond acceptors (Lipinski definition) is 10. The van der Waals surface area contributed by atoms with Gasteiger partial charge in [-0.15, -0.1) is 0 Å². The fourth-order valence-electron chi connectivity index (χ4n) is 5.77. The van der Waals surface area contributed by atoms with E-state index in [1.54, 1.807) is 44.1 Å². The topological polar surface area (TPSA) is 147 Å². The number of carbonyl (C=O) groups excluding carboxylic acids is 2. The van der Waals surface area contributed by atoms with Crippen molar-refractivity contribution in [2.45, 2.75) is 69.1 Å². The van der Waals surface area contributed by atoms with Crippen molar-refractivity contribution < 1.29 is 14.3 Å². The van der Waals surface area contributed by atoms with Gasteiger partial charge in [-0.05, 0) is 55.9 Å². The Morgan fingerprint density at radius 2 is 1.21 bits per heavy atom. The fourth-order valence-corrected chi connectivity index (χ4v) is 5.77. The monoisotopic (exact) mass is 579 g/mol. The molecule has 4 aromatic heterocycles. The lowest BCUT2D eigenvalue weighted by Gasteiger charge is -2.41. The molecular formula is C33H37N7O3. The maximum absolute atomic E-state index is 11.6. The summed E-state index contributed by atoms with van der Waals surface area (Å²) in [5.74, 6) is 1.02. The van der Waals surface area contributed by atoms with Gasteiger partial charge < -0.3 is 10.5 Å². The van der Waals surface area contributed by atoms with E-state index in [4.69, 9.17) is 10.5 Å². The van der Waals surface area contributed by atoms with Gasteiger partial charge in [0.05, 0.1) is 24.3 Å². The zero-order valence-corrected chi connectivity index (χ0v) is 24.5. The molecular weight excluding hydrogens is 542 g/mol. The smallest absolute Gasteiger partial charge is 0.341 e. The summed E-state index contributed by atoms with van der Waals surface area (Å²) in [6.07, 6.45) is 22.2. The van der Waals surface area contributed by atoms with E-state index in [9.17, 15) is 9.59 Å². The van der Waals surface area contributed by atoms with Gasteiger partial charge >= 0.3 is 5.97 Å². The number of Topliss-reactive ketones (excluding diaryl/α,β-unsaturated/α-hetero) is 1. The molecule has 0 unspecified atom stereocenters. The number of aromatic nitrogens is 6. The van der Waals surface area contributed by atoms with Gasteiger partial charge in [-0.25, -0.2) is 24.7 Å². The van der Waals surface area contributed by atoms with Gasteiger partial charge in [-0.3, -0.25) is 14.8 Å². The highest BCUT2D eigenvalue weighted by Gasteiger charge is 2.40. The van der Waals surface area contributed by atoms with Gasteiger partial charge in [0.1, 0.15) is 11.6 Å². The predicted octanol–water partition coefficient (Wildman–Crippen LogP) is 4.39. The number of nitrogens with two attached hydrogens (primary N) is 1. The summed E-state index contributed by atoms with van der Waals surface area (Å²) >= 11 is 0. The first-order chi connectivity index (χ1) is 21.0. The number of carbonyl (C=O) groups is 2. The summed E-state index contributed by atoms with van der Waals surface area (Å²) in [5, 5.41) is 0. The molecule has 4 aromatic rings. The van der Waals surface area contributed by atoms with Crippen LogP contribution >= 0.6 is 0 Å². The van der Waals surface area contributed by atoms with Crippen LogP contribution in [0.5, 0.6) is 0 Å². The Balaban J connectivity index is 0.000000171. The molecule has 0 aromatic carbocycles. The Bertz CT molecular complexity index is 1490. The van der Waals surface area contributed by atoms with Crippen LogP contribution in [0.3, 0.4) is 0 Å². The molecule has 222 valence electrons. The quantitative estimate of drug-likeness (QED) is 0.212. The molecule has 0 saturated heterocycles. The SMILES string of the molecule is CCOC(=O)c1cnc(CC2(c3cccnc3)CCC2)nc1.NCC(=O)c1cnc(CC2(c3cccnc3)CCC2)nc1. The van der Waals surface area contributed by atoms with Crippen LogP contribution in [0.25, 0.3) is 0 Å². The van der Waals surface area contributed by atoms with Gasteiger partial charge in [0.2, 0.25) is 0 Å². The number of rotatable bonds is 10. The van der Waals surface area contributed by atoms with Gasteiger partial charge in [0, 0.05) is 73.2 Å². The van der Waals surface area contributed by atoms with Crippen LogP contribution in [0.4, 0.5) is 0 Å². The lowest BCUT2D eigenvalue weighted by atomic mass is 9.63. The molecule has 2 aliphatic carbocycles. The van der Waals surface area contributed by atoms with E-state index in [0.29, 0.717) is 17.7 Å². The van der Waals surface area contributed by atoms with Crippen molar-refractivity contribution in [1.29, 1.82) is 0 Å². The zero-order valence-electron chi connectivity index (χ0n) is 24.5. The molecule has 0 amide bonds. The van der Waals surface area contributed by atoms with Crippen LogP contribution < -0.4 is 5.73 Å². The van der Waals surface area contributed by atoms with Gasteiger partial charge in [0.15, 0.2) is 5.78 Å². The molecule has 0 bridgehead atoms. The number of ketones is 1. The summed E-state index contributed by atoms with van der Waals surface area (Å²) in [5.41, 5.74) is 8.92. The fraction of sp³-hybridized carbons (Fsp3) is 0.394. The first-order valence-corrected chi connectivity index (χ1v) is 14.8. The molecule has 0 atom stereocenters. The summed E-state index contributed by atoms with van der Waals surface area (Å²) in [6.45, 7) is 2.12. The van der Waals surface area contributed by atoms with E-state index in [2.05, 4.69) is 42.0 Å². The number of pyridine rings is 2. The lowest BCUT2D eigenvalue weighted by Crippen LogP contribution is -2.37. The Hall–Kier alpha value is -4.44. The van der Waals surface area contributed by atoms with Gasteiger partial charge in [0.25, 0.3) is 0 Å². The molecule has 0 radical (unpaired) electrons. The highest BCUT2D eigenvalue weighted by Crippen LogP contribution is 2.46. The number of ether oxygens (including phenoxy) is 1. The molecule has 4 heterocycles. The third-order valence-electron chi connectivity index (χ3n) is 8.59. The largest absolute Gasteiger partial charge is 0.462 e. The molecule has 0 spiro atoms. The lowest BCUT2D eigenvalue weighted by molar-refractivity contribution is 0.0525. The molecule has 10 heteroatoms. The molecule has 2 N–H and O–H groups in total. The maximum atomic E-state index is 11.6. The standard InChI is InChI=1S/C17H19N3O2.C16H18N4O/c1-2-22-16(21)13-10-19-15(20-11-13)9-17(6-4-7-17)14-5-3-8-18-12-14;17-8-14(21)12-9-19-15(20-10-12)7-16(4-2-5-16)13-3-1-6-18-11-13/h3,5,8,10-12H,2,4,6-7,9H2,1H3;1,3,6,9-11H,2,4-5,7-8,17H2. The Morgan fingerprint density at radius 3 is 1.56 bits per heavy atom. The molecule has 2 fully saturated rings. The molecule has 2 aliphatic rings. The van der Waals surface area contributed by atoms with E-state index in [0.717, 1.165) is 50.2 Å². The first-order valence-electron chi connectivity index (χ1n) is 14.8. The summed E-state index contributed by atoms with van der Waals surface area (Å²) in [6, 6.07) is 8.19. The second kappa shape index (κ2) is 13.7. The highest BCUT2D eigenvalue weighted by molar-refractivity contribution is 5.96. The van der Waals surface area contributed by atoms with Crippen molar-refractivity contribution in [3.8, 4) is 0 Å². The number of esters is 1. The molecule has 6 rings (SSSR count). The Kier molecular flexibility index (Phi) is 9.56. The maximum Gasteiger partial charge on any atom is 0.341 e. The van der Waals surface area contributed by atoms with E-state index >= 15 is 0 Å². The molecule has 0 aliphatic heterocycles. The summed E-state index contributed by atoms with van der Waals surface area (Å²) < 4.78 is 4.94. The van der Waals surface area contributed by atoms with E-state index in [-0.39, 0.29) is 29.1 Å². The zero-order chi connectivity index (χ0) is 30.1. The second-order valence-electron chi connectivity index (χ2n) is 11.2. The average molecular weight is 580 g/mol. The Morgan fingerprint density at radius 1 is 0.744 bits per heavy atom. The molecule has 10 nitrogen and oxygen atoms in total. The van der Waals surface area contributed by atoms with Crippen molar-refractivity contribution in [2.24, 2.45) is 5.73 Å². The van der Waals surface area contributed by atoms with Crippen molar-refractivity contribution >= 4 is 11.8 Å². The second-order valence-corrected chi connectivity index (χ2v) is 11.2. The van der Waals surface area contributed by atoms with Crippen LogP contribution in [-0.2, 0) is 28.4 Å². The number of hydrogen-bond donors (Lipinski definition) is 1. The highest BCUT2D eigenvalue weighted by atomic mass is 16.5.